The van der Waals surface area contributed by atoms with Crippen LogP contribution in [0.2, 0.25) is 0 Å². The third-order valence-electron chi connectivity index (χ3n) is 5.21. The molecular weight excluding hydrogens is 340 g/mol. The summed E-state index contributed by atoms with van der Waals surface area (Å²) in [4.78, 5) is 36.2. The number of nitrogens with one attached hydrogen (secondary N) is 1. The van der Waals surface area contributed by atoms with Crippen molar-refractivity contribution >= 4 is 16.8 Å². The van der Waals surface area contributed by atoms with Gasteiger partial charge < -0.3 is 14.8 Å². The predicted octanol–water partition coefficient (Wildman–Crippen LogP) is 2.23. The number of hydrogen-bond donors (Lipinski definition) is 1. The molecule has 0 atom stereocenters. The molecule has 0 bridgehead atoms. The summed E-state index contributed by atoms with van der Waals surface area (Å²) in [5.74, 6) is 0.696. The summed E-state index contributed by atoms with van der Waals surface area (Å²) in [6, 6.07) is 7.26. The van der Waals surface area contributed by atoms with E-state index in [1.165, 1.54) is 5.70 Å². The number of nitrogens with zero attached hydrogens (tertiary/aromatic N) is 3. The number of piperazine rings is 1. The molecule has 2 aliphatic rings. The Kier molecular flexibility index (Phi) is 5.05. The van der Waals surface area contributed by atoms with Gasteiger partial charge in [0.05, 0.1) is 10.9 Å². The van der Waals surface area contributed by atoms with Gasteiger partial charge in [0.2, 0.25) is 5.91 Å². The first-order valence-corrected chi connectivity index (χ1v) is 9.58. The van der Waals surface area contributed by atoms with Gasteiger partial charge in [0.1, 0.15) is 5.82 Å². The zero-order valence-corrected chi connectivity index (χ0v) is 15.4. The number of benzene rings is 1. The number of aryl methyl sites for hydroxylation is 1. The lowest BCUT2D eigenvalue weighted by Crippen LogP contribution is -2.48. The van der Waals surface area contributed by atoms with Gasteiger partial charge in [-0.3, -0.25) is 9.59 Å². The van der Waals surface area contributed by atoms with Gasteiger partial charge in [-0.05, 0) is 31.1 Å². The van der Waals surface area contributed by atoms with E-state index in [2.05, 4.69) is 33.1 Å². The summed E-state index contributed by atoms with van der Waals surface area (Å²) in [7, 11) is 0. The molecule has 1 aliphatic heterocycles. The summed E-state index contributed by atoms with van der Waals surface area (Å²) < 4.78 is 0. The molecular formula is C21H24N4O2. The van der Waals surface area contributed by atoms with E-state index in [9.17, 15) is 9.59 Å². The van der Waals surface area contributed by atoms with Crippen LogP contribution >= 0.6 is 0 Å². The molecule has 6 heteroatoms. The fourth-order valence-corrected chi connectivity index (χ4v) is 3.68. The van der Waals surface area contributed by atoms with Crippen LogP contribution in [0.3, 0.4) is 0 Å². The number of H-pyrrole nitrogens is 1. The molecule has 1 aromatic carbocycles. The number of para-hydroxylation sites is 1. The Balaban J connectivity index is 1.33. The topological polar surface area (TPSA) is 69.3 Å². The van der Waals surface area contributed by atoms with Crippen molar-refractivity contribution in [3.8, 4) is 0 Å². The van der Waals surface area contributed by atoms with E-state index in [4.69, 9.17) is 0 Å². The zero-order chi connectivity index (χ0) is 18.6. The molecule has 0 spiro atoms. The monoisotopic (exact) mass is 364 g/mol. The van der Waals surface area contributed by atoms with E-state index < -0.39 is 0 Å². The molecule has 6 nitrogen and oxygen atoms in total. The SMILES string of the molecule is O=C(CCc1nc2ccccc2c(=O)[nH]1)N1CCN(C2=CCCC=C2)CC1. The average Bonchev–Trinajstić information content (AvgIpc) is 2.73. The zero-order valence-electron chi connectivity index (χ0n) is 15.4. The average molecular weight is 364 g/mol. The first-order valence-electron chi connectivity index (χ1n) is 9.58. The molecule has 0 unspecified atom stereocenters. The molecule has 27 heavy (non-hydrogen) atoms. The lowest BCUT2D eigenvalue weighted by Gasteiger charge is -2.37. The van der Waals surface area contributed by atoms with E-state index in [0.717, 1.165) is 39.0 Å². The predicted molar refractivity (Wildman–Crippen MR) is 105 cm³/mol. The molecule has 1 N–H and O–H groups in total. The first kappa shape index (κ1) is 17.5. The van der Waals surface area contributed by atoms with Gasteiger partial charge in [-0.15, -0.1) is 0 Å². The second kappa shape index (κ2) is 7.78. The minimum atomic E-state index is -0.148. The Morgan fingerprint density at radius 2 is 1.93 bits per heavy atom. The quantitative estimate of drug-likeness (QED) is 0.903. The highest BCUT2D eigenvalue weighted by Gasteiger charge is 2.22. The van der Waals surface area contributed by atoms with Crippen molar-refractivity contribution in [1.82, 2.24) is 19.8 Å². The van der Waals surface area contributed by atoms with Crippen LogP contribution in [0.15, 0.2) is 53.0 Å². The van der Waals surface area contributed by atoms with Crippen molar-refractivity contribution in [3.05, 3.63) is 64.4 Å². The number of allylic oxidation sites excluding steroid dienone is 3. The van der Waals surface area contributed by atoms with Gasteiger partial charge >= 0.3 is 0 Å². The maximum absolute atomic E-state index is 12.6. The number of carbonyl (C=O) groups is 1. The van der Waals surface area contributed by atoms with E-state index in [0.29, 0.717) is 29.6 Å². The van der Waals surface area contributed by atoms with Crippen LogP contribution in [0, 0.1) is 0 Å². The summed E-state index contributed by atoms with van der Waals surface area (Å²) in [5.41, 5.74) is 1.81. The van der Waals surface area contributed by atoms with Crippen LogP contribution in [0.5, 0.6) is 0 Å². The first-order chi connectivity index (χ1) is 13.2. The van der Waals surface area contributed by atoms with Crippen LogP contribution in [-0.2, 0) is 11.2 Å². The number of rotatable bonds is 4. The van der Waals surface area contributed by atoms with E-state index in [-0.39, 0.29) is 11.5 Å². The second-order valence-electron chi connectivity index (χ2n) is 7.01. The van der Waals surface area contributed by atoms with E-state index >= 15 is 0 Å². The fourth-order valence-electron chi connectivity index (χ4n) is 3.68. The molecule has 1 fully saturated rings. The minimum absolute atomic E-state index is 0.124. The second-order valence-corrected chi connectivity index (χ2v) is 7.01. The van der Waals surface area contributed by atoms with Crippen molar-refractivity contribution in [2.75, 3.05) is 26.2 Å². The minimum Gasteiger partial charge on any atom is -0.368 e. The summed E-state index contributed by atoms with van der Waals surface area (Å²) >= 11 is 0. The molecule has 1 saturated heterocycles. The standard InChI is InChI=1S/C21H24N4O2/c26-20(25-14-12-24(13-15-25)16-6-2-1-3-7-16)11-10-19-22-18-9-5-4-8-17(18)21(27)23-19/h2,4-9H,1,3,10-15H2,(H,22,23,27). The maximum Gasteiger partial charge on any atom is 0.258 e. The van der Waals surface area contributed by atoms with Crippen LogP contribution < -0.4 is 5.56 Å². The van der Waals surface area contributed by atoms with Crippen LogP contribution in [0.1, 0.15) is 25.1 Å². The fraction of sp³-hybridized carbons (Fsp3) is 0.381. The number of fused-ring (bicyclic) bond motifs is 1. The highest BCUT2D eigenvalue weighted by Crippen LogP contribution is 2.17. The van der Waals surface area contributed by atoms with Crippen LogP contribution in [0.4, 0.5) is 0 Å². The maximum atomic E-state index is 12.6. The summed E-state index contributed by atoms with van der Waals surface area (Å²) in [5, 5.41) is 0.578. The Bertz CT molecular complexity index is 952. The highest BCUT2D eigenvalue weighted by atomic mass is 16.2. The Labute approximate surface area is 158 Å². The molecule has 1 amide bonds. The third kappa shape index (κ3) is 3.94. The highest BCUT2D eigenvalue weighted by molar-refractivity contribution is 5.78. The number of amides is 1. The third-order valence-corrected chi connectivity index (χ3v) is 5.21. The van der Waals surface area contributed by atoms with Gasteiger partial charge in [0.15, 0.2) is 0 Å². The van der Waals surface area contributed by atoms with E-state index in [1.807, 2.05) is 23.1 Å². The van der Waals surface area contributed by atoms with Gasteiger partial charge in [-0.1, -0.05) is 24.3 Å². The Hall–Kier alpha value is -2.89. The van der Waals surface area contributed by atoms with Crippen LogP contribution in [0.25, 0.3) is 10.9 Å². The molecule has 140 valence electrons. The van der Waals surface area contributed by atoms with Gasteiger partial charge in [0.25, 0.3) is 5.56 Å². The largest absolute Gasteiger partial charge is 0.368 e. The smallest absolute Gasteiger partial charge is 0.258 e. The van der Waals surface area contributed by atoms with Gasteiger partial charge in [-0.25, -0.2) is 4.98 Å². The van der Waals surface area contributed by atoms with Crippen molar-refractivity contribution < 1.29 is 4.79 Å². The molecule has 4 rings (SSSR count). The Morgan fingerprint density at radius 1 is 1.11 bits per heavy atom. The van der Waals surface area contributed by atoms with E-state index in [1.54, 1.807) is 6.07 Å². The summed E-state index contributed by atoms with van der Waals surface area (Å²) in [6.07, 6.45) is 9.71. The molecule has 2 heterocycles. The molecule has 2 aromatic rings. The number of carbonyl (C=O) groups excluding carboxylic acids is 1. The number of hydrogen-bond acceptors (Lipinski definition) is 4. The van der Waals surface area contributed by atoms with Crippen molar-refractivity contribution in [1.29, 1.82) is 0 Å². The number of aromatic amines is 1. The molecule has 0 radical (unpaired) electrons. The lowest BCUT2D eigenvalue weighted by atomic mass is 10.1. The van der Waals surface area contributed by atoms with Crippen molar-refractivity contribution in [3.63, 3.8) is 0 Å². The Morgan fingerprint density at radius 3 is 2.70 bits per heavy atom. The van der Waals surface area contributed by atoms with Crippen molar-refractivity contribution in [2.24, 2.45) is 0 Å². The molecule has 1 aromatic heterocycles. The molecule has 0 saturated carbocycles. The number of aromatic nitrogens is 2. The van der Waals surface area contributed by atoms with Crippen molar-refractivity contribution in [2.45, 2.75) is 25.7 Å². The molecule has 1 aliphatic carbocycles. The summed E-state index contributed by atoms with van der Waals surface area (Å²) in [6.45, 7) is 3.22. The lowest BCUT2D eigenvalue weighted by molar-refractivity contribution is -0.132. The van der Waals surface area contributed by atoms with Gasteiger partial charge in [-0.2, -0.15) is 0 Å². The normalized spacial score (nSPS) is 17.3. The van der Waals surface area contributed by atoms with Gasteiger partial charge in [0, 0.05) is 44.7 Å². The van der Waals surface area contributed by atoms with Crippen LogP contribution in [-0.4, -0.2) is 51.9 Å².